The van der Waals surface area contributed by atoms with Gasteiger partial charge in [-0.25, -0.2) is 0 Å². The van der Waals surface area contributed by atoms with Crippen molar-refractivity contribution in [1.82, 2.24) is 9.78 Å². The van der Waals surface area contributed by atoms with Gasteiger partial charge >= 0.3 is 5.97 Å². The van der Waals surface area contributed by atoms with E-state index in [0.717, 1.165) is 31.5 Å². The Labute approximate surface area is 103 Å². The van der Waals surface area contributed by atoms with E-state index in [2.05, 4.69) is 18.1 Å². The Hall–Kier alpha value is -1.32. The van der Waals surface area contributed by atoms with Gasteiger partial charge in [-0.2, -0.15) is 5.10 Å². The maximum absolute atomic E-state index is 11.1. The Morgan fingerprint density at radius 3 is 2.71 bits per heavy atom. The molecule has 96 valence electrons. The number of hydrogen-bond donors (Lipinski definition) is 0. The lowest BCUT2D eigenvalue weighted by molar-refractivity contribution is -0.143. The van der Waals surface area contributed by atoms with Crippen molar-refractivity contribution in [3.8, 4) is 0 Å². The van der Waals surface area contributed by atoms with E-state index in [9.17, 15) is 4.79 Å². The lowest BCUT2D eigenvalue weighted by Gasteiger charge is -2.04. The topological polar surface area (TPSA) is 44.1 Å². The van der Waals surface area contributed by atoms with E-state index in [1.165, 1.54) is 5.69 Å². The van der Waals surface area contributed by atoms with Crippen LogP contribution >= 0.6 is 0 Å². The zero-order chi connectivity index (χ0) is 12.7. The highest BCUT2D eigenvalue weighted by molar-refractivity contribution is 5.69. The second-order valence-electron chi connectivity index (χ2n) is 4.27. The molecule has 17 heavy (non-hydrogen) atoms. The zero-order valence-electron chi connectivity index (χ0n) is 11.0. The SMILES string of the molecule is CCOC(=O)CCCCCn1nc(C)cc1C. The van der Waals surface area contributed by atoms with Gasteiger partial charge in [0, 0.05) is 18.7 Å². The molecule has 4 nitrogen and oxygen atoms in total. The van der Waals surface area contributed by atoms with E-state index in [1.54, 1.807) is 0 Å². The van der Waals surface area contributed by atoms with Crippen molar-refractivity contribution in [1.29, 1.82) is 0 Å². The first kappa shape index (κ1) is 13.7. The van der Waals surface area contributed by atoms with Crippen LogP contribution in [0.15, 0.2) is 6.07 Å². The maximum Gasteiger partial charge on any atom is 0.305 e. The van der Waals surface area contributed by atoms with E-state index in [1.807, 2.05) is 18.5 Å². The third-order valence-electron chi connectivity index (χ3n) is 2.66. The molecule has 0 bridgehead atoms. The van der Waals surface area contributed by atoms with E-state index in [4.69, 9.17) is 4.74 Å². The number of nitrogens with zero attached hydrogens (tertiary/aromatic N) is 2. The van der Waals surface area contributed by atoms with Gasteiger partial charge in [0.15, 0.2) is 0 Å². The minimum Gasteiger partial charge on any atom is -0.466 e. The monoisotopic (exact) mass is 238 g/mol. The van der Waals surface area contributed by atoms with Crippen LogP contribution < -0.4 is 0 Å². The highest BCUT2D eigenvalue weighted by Crippen LogP contribution is 2.06. The predicted octanol–water partition coefficient (Wildman–Crippen LogP) is 2.62. The van der Waals surface area contributed by atoms with Crippen molar-refractivity contribution in [2.24, 2.45) is 0 Å². The van der Waals surface area contributed by atoms with Crippen molar-refractivity contribution < 1.29 is 9.53 Å². The number of rotatable bonds is 7. The largest absolute Gasteiger partial charge is 0.466 e. The highest BCUT2D eigenvalue weighted by atomic mass is 16.5. The van der Waals surface area contributed by atoms with Crippen molar-refractivity contribution >= 4 is 5.97 Å². The first-order chi connectivity index (χ1) is 8.13. The molecule has 0 aliphatic heterocycles. The summed E-state index contributed by atoms with van der Waals surface area (Å²) in [7, 11) is 0. The molecule has 0 unspecified atom stereocenters. The molecule has 0 N–H and O–H groups in total. The number of carbonyl (C=O) groups excluding carboxylic acids is 1. The Morgan fingerprint density at radius 1 is 1.35 bits per heavy atom. The van der Waals surface area contributed by atoms with Crippen LogP contribution in [0.4, 0.5) is 0 Å². The quantitative estimate of drug-likeness (QED) is 0.542. The Morgan fingerprint density at radius 2 is 2.12 bits per heavy atom. The fourth-order valence-corrected chi connectivity index (χ4v) is 1.84. The molecule has 0 spiro atoms. The first-order valence-electron chi connectivity index (χ1n) is 6.30. The minimum atomic E-state index is -0.0846. The summed E-state index contributed by atoms with van der Waals surface area (Å²) >= 11 is 0. The van der Waals surface area contributed by atoms with Gasteiger partial charge in [-0.1, -0.05) is 6.42 Å². The molecule has 4 heteroatoms. The Kier molecular flexibility index (Phi) is 5.73. The van der Waals surface area contributed by atoms with Crippen LogP contribution in [0.25, 0.3) is 0 Å². The Balaban J connectivity index is 2.12. The summed E-state index contributed by atoms with van der Waals surface area (Å²) in [6.07, 6.45) is 3.53. The van der Waals surface area contributed by atoms with Gasteiger partial charge in [0.25, 0.3) is 0 Å². The van der Waals surface area contributed by atoms with Crippen LogP contribution in [0, 0.1) is 13.8 Å². The standard InChI is InChI=1S/C13H22N2O2/c1-4-17-13(16)8-6-5-7-9-15-12(3)10-11(2)14-15/h10H,4-9H2,1-3H3. The van der Waals surface area contributed by atoms with Gasteiger partial charge in [-0.3, -0.25) is 9.48 Å². The predicted molar refractivity (Wildman–Crippen MR) is 66.8 cm³/mol. The van der Waals surface area contributed by atoms with Gasteiger partial charge in [-0.05, 0) is 39.7 Å². The second-order valence-corrected chi connectivity index (χ2v) is 4.27. The maximum atomic E-state index is 11.1. The number of aryl methyl sites for hydroxylation is 3. The van der Waals surface area contributed by atoms with Gasteiger partial charge in [0.05, 0.1) is 12.3 Å². The number of carbonyl (C=O) groups is 1. The summed E-state index contributed by atoms with van der Waals surface area (Å²) in [5.74, 6) is -0.0846. The molecule has 0 saturated carbocycles. The van der Waals surface area contributed by atoms with Gasteiger partial charge in [0.1, 0.15) is 0 Å². The summed E-state index contributed by atoms with van der Waals surface area (Å²) in [6, 6.07) is 2.08. The van der Waals surface area contributed by atoms with Gasteiger partial charge in [-0.15, -0.1) is 0 Å². The first-order valence-corrected chi connectivity index (χ1v) is 6.30. The Bertz CT molecular complexity index is 358. The summed E-state index contributed by atoms with van der Waals surface area (Å²) < 4.78 is 6.90. The molecule has 0 amide bonds. The van der Waals surface area contributed by atoms with E-state index in [-0.39, 0.29) is 5.97 Å². The second kappa shape index (κ2) is 7.09. The van der Waals surface area contributed by atoms with Crippen LogP contribution in [-0.4, -0.2) is 22.4 Å². The number of hydrogen-bond acceptors (Lipinski definition) is 3. The van der Waals surface area contributed by atoms with Crippen molar-refractivity contribution in [2.75, 3.05) is 6.61 Å². The number of esters is 1. The molecular formula is C13H22N2O2. The summed E-state index contributed by atoms with van der Waals surface area (Å²) in [5.41, 5.74) is 2.27. The van der Waals surface area contributed by atoms with Gasteiger partial charge < -0.3 is 4.74 Å². The smallest absolute Gasteiger partial charge is 0.305 e. The van der Waals surface area contributed by atoms with Crippen LogP contribution in [0.5, 0.6) is 0 Å². The fraction of sp³-hybridized carbons (Fsp3) is 0.692. The molecule has 0 saturated heterocycles. The lowest BCUT2D eigenvalue weighted by Crippen LogP contribution is -2.05. The average Bonchev–Trinajstić information content (AvgIpc) is 2.57. The molecular weight excluding hydrogens is 216 g/mol. The minimum absolute atomic E-state index is 0.0846. The van der Waals surface area contributed by atoms with E-state index < -0.39 is 0 Å². The summed E-state index contributed by atoms with van der Waals surface area (Å²) in [6.45, 7) is 7.32. The van der Waals surface area contributed by atoms with E-state index >= 15 is 0 Å². The molecule has 0 radical (unpaired) electrons. The van der Waals surface area contributed by atoms with Crippen molar-refractivity contribution in [3.63, 3.8) is 0 Å². The summed E-state index contributed by atoms with van der Waals surface area (Å²) in [4.78, 5) is 11.1. The molecule has 1 aromatic heterocycles. The number of aromatic nitrogens is 2. The van der Waals surface area contributed by atoms with Crippen LogP contribution in [0.3, 0.4) is 0 Å². The molecule has 0 fully saturated rings. The molecule has 0 aliphatic carbocycles. The number of unbranched alkanes of at least 4 members (excludes halogenated alkanes) is 2. The fourth-order valence-electron chi connectivity index (χ4n) is 1.84. The van der Waals surface area contributed by atoms with Crippen molar-refractivity contribution in [2.45, 2.75) is 53.0 Å². The lowest BCUT2D eigenvalue weighted by atomic mass is 10.2. The molecule has 0 atom stereocenters. The van der Waals surface area contributed by atoms with Crippen molar-refractivity contribution in [3.05, 3.63) is 17.5 Å². The number of ether oxygens (including phenoxy) is 1. The average molecular weight is 238 g/mol. The highest BCUT2D eigenvalue weighted by Gasteiger charge is 2.02. The molecule has 1 rings (SSSR count). The molecule has 0 aromatic carbocycles. The van der Waals surface area contributed by atoms with Gasteiger partial charge in [0.2, 0.25) is 0 Å². The van der Waals surface area contributed by atoms with Crippen LogP contribution in [0.2, 0.25) is 0 Å². The molecule has 1 heterocycles. The third kappa shape index (κ3) is 5.02. The molecule has 0 aliphatic rings. The molecule has 1 aromatic rings. The van der Waals surface area contributed by atoms with Crippen LogP contribution in [-0.2, 0) is 16.1 Å². The third-order valence-corrected chi connectivity index (χ3v) is 2.66. The van der Waals surface area contributed by atoms with Crippen LogP contribution in [0.1, 0.15) is 44.0 Å². The normalized spacial score (nSPS) is 10.5. The van der Waals surface area contributed by atoms with E-state index in [0.29, 0.717) is 13.0 Å². The zero-order valence-corrected chi connectivity index (χ0v) is 11.0. The summed E-state index contributed by atoms with van der Waals surface area (Å²) in [5, 5.41) is 4.40.